The van der Waals surface area contributed by atoms with Crippen LogP contribution in [0.15, 0.2) is 140 Å². The van der Waals surface area contributed by atoms with E-state index in [0.717, 1.165) is 17.1 Å². The Morgan fingerprint density at radius 1 is 0.324 bits per heavy atom. The van der Waals surface area contributed by atoms with Crippen LogP contribution in [0.3, 0.4) is 0 Å². The molecule has 172 valence electrons. The summed E-state index contributed by atoms with van der Waals surface area (Å²) in [7, 11) is 0. The van der Waals surface area contributed by atoms with Gasteiger partial charge in [-0.15, -0.1) is 0 Å². The smallest absolute Gasteiger partial charge is 0.0468 e. The summed E-state index contributed by atoms with van der Waals surface area (Å²) >= 11 is 0. The summed E-state index contributed by atoms with van der Waals surface area (Å²) < 4.78 is 0. The van der Waals surface area contributed by atoms with Gasteiger partial charge in [-0.2, -0.15) is 0 Å². The molecule has 0 bridgehead atoms. The zero-order valence-corrected chi connectivity index (χ0v) is 20.2. The van der Waals surface area contributed by atoms with Gasteiger partial charge in [0.15, 0.2) is 0 Å². The van der Waals surface area contributed by atoms with E-state index in [-0.39, 0.29) is 0 Å². The summed E-state index contributed by atoms with van der Waals surface area (Å²) in [5, 5.41) is 7.76. The third-order valence-corrected chi connectivity index (χ3v) is 7.75. The first-order chi connectivity index (χ1) is 18.3. The highest BCUT2D eigenvalue weighted by molar-refractivity contribution is 6.16. The Balaban J connectivity index is 1.34. The van der Waals surface area contributed by atoms with Crippen molar-refractivity contribution in [2.45, 2.75) is 0 Å². The van der Waals surface area contributed by atoms with Crippen molar-refractivity contribution < 1.29 is 0 Å². The Kier molecular flexibility index (Phi) is 4.29. The second kappa shape index (κ2) is 7.81. The zero-order chi connectivity index (χ0) is 24.3. The van der Waals surface area contributed by atoms with Crippen LogP contribution in [0.2, 0.25) is 0 Å². The van der Waals surface area contributed by atoms with Gasteiger partial charge in [-0.3, -0.25) is 0 Å². The molecular formula is C36H23N. The molecule has 0 aromatic heterocycles. The Bertz CT molecular complexity index is 1980. The van der Waals surface area contributed by atoms with E-state index < -0.39 is 0 Å². The van der Waals surface area contributed by atoms with E-state index in [2.05, 4.69) is 144 Å². The number of anilines is 3. The zero-order valence-electron chi connectivity index (χ0n) is 20.2. The Hall–Kier alpha value is -4.88. The van der Waals surface area contributed by atoms with Crippen LogP contribution >= 0.6 is 0 Å². The van der Waals surface area contributed by atoms with Crippen LogP contribution < -0.4 is 4.90 Å². The van der Waals surface area contributed by atoms with Crippen LogP contribution in [0.25, 0.3) is 54.6 Å². The molecule has 0 radical (unpaired) electrons. The fraction of sp³-hybridized carbons (Fsp3) is 0. The summed E-state index contributed by atoms with van der Waals surface area (Å²) in [5.41, 5.74) is 8.74. The van der Waals surface area contributed by atoms with E-state index in [1.54, 1.807) is 0 Å². The third-order valence-electron chi connectivity index (χ3n) is 7.75. The molecule has 7 aromatic carbocycles. The first-order valence-electron chi connectivity index (χ1n) is 12.8. The SMILES string of the molecule is c1ccc(N(c2ccc3c(c2)-c2cccc4cccc-3c24)c2ccc3c(ccc4ccccc43)c2)cc1. The lowest BCUT2D eigenvalue weighted by molar-refractivity contribution is 1.29. The van der Waals surface area contributed by atoms with Gasteiger partial charge >= 0.3 is 0 Å². The highest BCUT2D eigenvalue weighted by Gasteiger charge is 2.23. The molecule has 0 amide bonds. The summed E-state index contributed by atoms with van der Waals surface area (Å²) in [4.78, 5) is 2.37. The lowest BCUT2D eigenvalue weighted by Crippen LogP contribution is -2.10. The topological polar surface area (TPSA) is 3.24 Å². The van der Waals surface area contributed by atoms with Crippen LogP contribution in [0.1, 0.15) is 0 Å². The Morgan fingerprint density at radius 2 is 0.973 bits per heavy atom. The molecule has 0 saturated carbocycles. The molecule has 0 saturated heterocycles. The van der Waals surface area contributed by atoms with Gasteiger partial charge in [-0.05, 0) is 91.0 Å². The van der Waals surface area contributed by atoms with Crippen molar-refractivity contribution in [3.05, 3.63) is 140 Å². The molecule has 0 spiro atoms. The molecule has 0 unspecified atom stereocenters. The first kappa shape index (κ1) is 20.3. The second-order valence-electron chi connectivity index (χ2n) is 9.80. The van der Waals surface area contributed by atoms with Crippen molar-refractivity contribution in [2.75, 3.05) is 4.90 Å². The molecule has 0 aliphatic heterocycles. The molecule has 0 N–H and O–H groups in total. The van der Waals surface area contributed by atoms with Crippen molar-refractivity contribution in [3.63, 3.8) is 0 Å². The summed E-state index contributed by atoms with van der Waals surface area (Å²) in [5.74, 6) is 0. The van der Waals surface area contributed by atoms with Crippen LogP contribution in [0.5, 0.6) is 0 Å². The third kappa shape index (κ3) is 3.04. The Labute approximate surface area is 215 Å². The molecule has 1 aliphatic rings. The molecule has 1 nitrogen and oxygen atoms in total. The first-order valence-corrected chi connectivity index (χ1v) is 12.8. The van der Waals surface area contributed by atoms with E-state index >= 15 is 0 Å². The second-order valence-corrected chi connectivity index (χ2v) is 9.80. The predicted molar refractivity (Wildman–Crippen MR) is 158 cm³/mol. The monoisotopic (exact) mass is 469 g/mol. The van der Waals surface area contributed by atoms with E-state index in [1.165, 1.54) is 54.6 Å². The molecule has 0 atom stereocenters. The lowest BCUT2D eigenvalue weighted by Gasteiger charge is -2.26. The maximum absolute atomic E-state index is 2.37. The minimum absolute atomic E-state index is 1.15. The van der Waals surface area contributed by atoms with E-state index in [1.807, 2.05) is 0 Å². The Morgan fingerprint density at radius 3 is 1.84 bits per heavy atom. The van der Waals surface area contributed by atoms with Crippen molar-refractivity contribution >= 4 is 49.4 Å². The number of hydrogen-bond acceptors (Lipinski definition) is 1. The van der Waals surface area contributed by atoms with Gasteiger partial charge in [0.2, 0.25) is 0 Å². The van der Waals surface area contributed by atoms with Crippen LogP contribution in [-0.2, 0) is 0 Å². The number of para-hydroxylation sites is 1. The van der Waals surface area contributed by atoms with Gasteiger partial charge in [0.1, 0.15) is 0 Å². The van der Waals surface area contributed by atoms with Crippen molar-refractivity contribution in [2.24, 2.45) is 0 Å². The fourth-order valence-electron chi connectivity index (χ4n) is 6.08. The molecule has 0 heterocycles. The maximum Gasteiger partial charge on any atom is 0.0468 e. The van der Waals surface area contributed by atoms with Gasteiger partial charge in [-0.1, -0.05) is 103 Å². The van der Waals surface area contributed by atoms with Gasteiger partial charge in [0.05, 0.1) is 0 Å². The molecule has 7 aromatic rings. The number of fused-ring (bicyclic) bond motifs is 6. The minimum Gasteiger partial charge on any atom is -0.310 e. The molecule has 0 fully saturated rings. The van der Waals surface area contributed by atoms with Crippen LogP contribution in [0.4, 0.5) is 17.1 Å². The molecular weight excluding hydrogens is 446 g/mol. The molecule has 37 heavy (non-hydrogen) atoms. The van der Waals surface area contributed by atoms with Crippen molar-refractivity contribution in [3.8, 4) is 22.3 Å². The standard InChI is InChI=1S/C36H23N/c1-2-11-27(12-3-1)37(28-18-20-31-26(22-28)17-16-24-8-4-5-13-30(24)31)29-19-21-32-33-14-6-9-25-10-7-15-34(36(25)33)35(32)23-29/h1-23H. The van der Waals surface area contributed by atoms with Gasteiger partial charge in [0, 0.05) is 17.1 Å². The predicted octanol–water partition coefficient (Wildman–Crippen LogP) is 10.3. The van der Waals surface area contributed by atoms with Gasteiger partial charge < -0.3 is 4.90 Å². The quantitative estimate of drug-likeness (QED) is 0.233. The number of rotatable bonds is 3. The van der Waals surface area contributed by atoms with Crippen LogP contribution in [-0.4, -0.2) is 0 Å². The highest BCUT2D eigenvalue weighted by Crippen LogP contribution is 2.49. The lowest BCUT2D eigenvalue weighted by atomic mass is 10.0. The molecule has 1 aliphatic carbocycles. The normalized spacial score (nSPS) is 11.8. The minimum atomic E-state index is 1.15. The molecule has 8 rings (SSSR count). The summed E-state index contributed by atoms with van der Waals surface area (Å²) in [6.07, 6.45) is 0. The largest absolute Gasteiger partial charge is 0.310 e. The van der Waals surface area contributed by atoms with E-state index in [0.29, 0.717) is 0 Å². The van der Waals surface area contributed by atoms with Gasteiger partial charge in [-0.25, -0.2) is 0 Å². The summed E-state index contributed by atoms with van der Waals surface area (Å²) in [6, 6.07) is 50.8. The average molecular weight is 470 g/mol. The highest BCUT2D eigenvalue weighted by atomic mass is 15.1. The summed E-state index contributed by atoms with van der Waals surface area (Å²) in [6.45, 7) is 0. The average Bonchev–Trinajstić information content (AvgIpc) is 3.28. The molecule has 1 heteroatoms. The van der Waals surface area contributed by atoms with Crippen molar-refractivity contribution in [1.29, 1.82) is 0 Å². The van der Waals surface area contributed by atoms with Gasteiger partial charge in [0.25, 0.3) is 0 Å². The number of nitrogens with zero attached hydrogens (tertiary/aromatic N) is 1. The fourth-order valence-corrected chi connectivity index (χ4v) is 6.08. The number of hydrogen-bond donors (Lipinski definition) is 0. The van der Waals surface area contributed by atoms with E-state index in [9.17, 15) is 0 Å². The van der Waals surface area contributed by atoms with Crippen molar-refractivity contribution in [1.82, 2.24) is 0 Å². The maximum atomic E-state index is 2.37. The van der Waals surface area contributed by atoms with Crippen LogP contribution in [0, 0.1) is 0 Å². The van der Waals surface area contributed by atoms with E-state index in [4.69, 9.17) is 0 Å². The number of benzene rings is 7.